The zero-order valence-corrected chi connectivity index (χ0v) is 11.6. The van der Waals surface area contributed by atoms with Crippen molar-refractivity contribution in [1.82, 2.24) is 4.98 Å². The summed E-state index contributed by atoms with van der Waals surface area (Å²) in [5.41, 5.74) is 8.14. The summed E-state index contributed by atoms with van der Waals surface area (Å²) in [4.78, 5) is 4.25. The van der Waals surface area contributed by atoms with Crippen LogP contribution in [0.3, 0.4) is 0 Å². The molecular weight excluding hydrogens is 256 g/mol. The molecule has 0 saturated heterocycles. The van der Waals surface area contributed by atoms with Gasteiger partial charge in [0.25, 0.3) is 0 Å². The molecule has 0 bridgehead atoms. The molecule has 0 spiro atoms. The van der Waals surface area contributed by atoms with Crippen LogP contribution in [0, 0.1) is 0 Å². The number of benzene rings is 1. The Labute approximate surface area is 118 Å². The van der Waals surface area contributed by atoms with Gasteiger partial charge in [-0.25, -0.2) is 0 Å². The monoisotopic (exact) mass is 274 g/mol. The van der Waals surface area contributed by atoms with Gasteiger partial charge in [-0.05, 0) is 17.7 Å². The summed E-state index contributed by atoms with van der Waals surface area (Å²) in [7, 11) is 3.18. The average Bonchev–Trinajstić information content (AvgIpc) is 2.49. The van der Waals surface area contributed by atoms with Gasteiger partial charge in [0, 0.05) is 18.0 Å². The maximum atomic E-state index is 5.65. The zero-order chi connectivity index (χ0) is 14.4. The minimum absolute atomic E-state index is 0.352. The van der Waals surface area contributed by atoms with E-state index >= 15 is 0 Å². The number of rotatable bonds is 6. The van der Waals surface area contributed by atoms with Gasteiger partial charge in [0.2, 0.25) is 0 Å². The Balaban J connectivity index is 1.98. The Hall–Kier alpha value is -2.27. The number of hydrogen-bond donors (Lipinski definition) is 1. The first-order valence-electron chi connectivity index (χ1n) is 6.22. The second kappa shape index (κ2) is 6.77. The number of nitrogens with zero attached hydrogens (tertiary/aromatic N) is 1. The summed E-state index contributed by atoms with van der Waals surface area (Å²) >= 11 is 0. The van der Waals surface area contributed by atoms with E-state index in [2.05, 4.69) is 4.98 Å². The van der Waals surface area contributed by atoms with Gasteiger partial charge < -0.3 is 19.9 Å². The molecule has 0 amide bonds. The molecule has 1 aromatic heterocycles. The van der Waals surface area contributed by atoms with E-state index in [0.29, 0.717) is 30.4 Å². The van der Waals surface area contributed by atoms with Crippen molar-refractivity contribution in [3.8, 4) is 11.5 Å². The molecule has 2 rings (SSSR count). The Morgan fingerprint density at radius 1 is 1.00 bits per heavy atom. The van der Waals surface area contributed by atoms with Crippen molar-refractivity contribution < 1.29 is 14.2 Å². The van der Waals surface area contributed by atoms with Gasteiger partial charge in [-0.3, -0.25) is 4.98 Å². The molecule has 0 unspecified atom stereocenters. The number of ether oxygens (including phenoxy) is 3. The standard InChI is InChI=1S/C15H18N2O3/c1-18-14-7-8-17-13(15(14)19-2)10-20-9-11-3-5-12(16)6-4-11/h3-8H,9-10,16H2,1-2H3. The van der Waals surface area contributed by atoms with E-state index in [0.717, 1.165) is 11.3 Å². The SMILES string of the molecule is COc1ccnc(COCc2ccc(N)cc2)c1OC. The Bertz CT molecular complexity index is 556. The molecule has 20 heavy (non-hydrogen) atoms. The number of nitrogen functional groups attached to an aromatic ring is 1. The highest BCUT2D eigenvalue weighted by atomic mass is 16.5. The van der Waals surface area contributed by atoms with Crippen LogP contribution in [0.25, 0.3) is 0 Å². The minimum atomic E-state index is 0.352. The summed E-state index contributed by atoms with van der Waals surface area (Å²) in [6, 6.07) is 9.32. The first-order chi connectivity index (χ1) is 9.74. The largest absolute Gasteiger partial charge is 0.493 e. The zero-order valence-electron chi connectivity index (χ0n) is 11.6. The highest BCUT2D eigenvalue weighted by molar-refractivity contribution is 5.42. The molecule has 0 aliphatic carbocycles. The molecule has 1 heterocycles. The summed E-state index contributed by atoms with van der Waals surface area (Å²) < 4.78 is 16.2. The molecule has 0 aliphatic rings. The van der Waals surface area contributed by atoms with Crippen molar-refractivity contribution in [3.63, 3.8) is 0 Å². The maximum Gasteiger partial charge on any atom is 0.184 e. The van der Waals surface area contributed by atoms with E-state index in [9.17, 15) is 0 Å². The molecule has 106 valence electrons. The first kappa shape index (κ1) is 14.1. The van der Waals surface area contributed by atoms with Crippen molar-refractivity contribution in [1.29, 1.82) is 0 Å². The summed E-state index contributed by atoms with van der Waals surface area (Å²) in [5, 5.41) is 0. The fraction of sp³-hybridized carbons (Fsp3) is 0.267. The molecule has 2 N–H and O–H groups in total. The van der Waals surface area contributed by atoms with Crippen molar-refractivity contribution in [2.24, 2.45) is 0 Å². The molecule has 5 nitrogen and oxygen atoms in total. The predicted molar refractivity (Wildman–Crippen MR) is 76.7 cm³/mol. The summed E-state index contributed by atoms with van der Waals surface area (Å²) in [6.07, 6.45) is 1.67. The van der Waals surface area contributed by atoms with Crippen molar-refractivity contribution >= 4 is 5.69 Å². The molecule has 0 fully saturated rings. The highest BCUT2D eigenvalue weighted by Gasteiger charge is 2.10. The van der Waals surface area contributed by atoms with E-state index < -0.39 is 0 Å². The quantitative estimate of drug-likeness (QED) is 0.819. The predicted octanol–water partition coefficient (Wildman–Crippen LogP) is 2.40. The lowest BCUT2D eigenvalue weighted by molar-refractivity contribution is 0.102. The van der Waals surface area contributed by atoms with Crippen LogP contribution < -0.4 is 15.2 Å². The van der Waals surface area contributed by atoms with Gasteiger partial charge in [0.1, 0.15) is 5.69 Å². The Morgan fingerprint density at radius 2 is 1.75 bits per heavy atom. The normalized spacial score (nSPS) is 10.3. The van der Waals surface area contributed by atoms with Crippen LogP contribution in [0.5, 0.6) is 11.5 Å². The van der Waals surface area contributed by atoms with E-state index in [-0.39, 0.29) is 0 Å². The summed E-state index contributed by atoms with van der Waals surface area (Å²) in [5.74, 6) is 1.25. The van der Waals surface area contributed by atoms with E-state index in [4.69, 9.17) is 19.9 Å². The second-order valence-electron chi connectivity index (χ2n) is 4.23. The second-order valence-corrected chi connectivity index (χ2v) is 4.23. The van der Waals surface area contributed by atoms with Crippen molar-refractivity contribution in [2.45, 2.75) is 13.2 Å². The molecule has 1 aromatic carbocycles. The number of methoxy groups -OCH3 is 2. The number of nitrogens with two attached hydrogens (primary N) is 1. The van der Waals surface area contributed by atoms with Gasteiger partial charge in [-0.1, -0.05) is 12.1 Å². The summed E-state index contributed by atoms with van der Waals surface area (Å²) in [6.45, 7) is 0.840. The van der Waals surface area contributed by atoms with Crippen LogP contribution in [-0.2, 0) is 18.0 Å². The lowest BCUT2D eigenvalue weighted by Crippen LogP contribution is -2.01. The Kier molecular flexibility index (Phi) is 4.79. The van der Waals surface area contributed by atoms with E-state index in [1.807, 2.05) is 24.3 Å². The lowest BCUT2D eigenvalue weighted by atomic mass is 10.2. The van der Waals surface area contributed by atoms with Gasteiger partial charge in [0.15, 0.2) is 11.5 Å². The Morgan fingerprint density at radius 3 is 2.40 bits per heavy atom. The molecule has 2 aromatic rings. The number of pyridine rings is 1. The van der Waals surface area contributed by atoms with Gasteiger partial charge in [-0.2, -0.15) is 0 Å². The average molecular weight is 274 g/mol. The highest BCUT2D eigenvalue weighted by Crippen LogP contribution is 2.29. The molecule has 0 radical (unpaired) electrons. The number of hydrogen-bond acceptors (Lipinski definition) is 5. The van der Waals surface area contributed by atoms with Gasteiger partial charge in [0.05, 0.1) is 27.4 Å². The third kappa shape index (κ3) is 3.39. The first-order valence-corrected chi connectivity index (χ1v) is 6.22. The van der Waals surface area contributed by atoms with Crippen LogP contribution >= 0.6 is 0 Å². The van der Waals surface area contributed by atoms with Crippen LogP contribution in [0.1, 0.15) is 11.3 Å². The van der Waals surface area contributed by atoms with Crippen LogP contribution in [-0.4, -0.2) is 19.2 Å². The van der Waals surface area contributed by atoms with Crippen LogP contribution in [0.4, 0.5) is 5.69 Å². The van der Waals surface area contributed by atoms with Crippen molar-refractivity contribution in [3.05, 3.63) is 47.8 Å². The maximum absolute atomic E-state index is 5.65. The number of aromatic nitrogens is 1. The minimum Gasteiger partial charge on any atom is -0.493 e. The molecule has 5 heteroatoms. The molecular formula is C15H18N2O3. The molecule has 0 aliphatic heterocycles. The smallest absolute Gasteiger partial charge is 0.184 e. The van der Waals surface area contributed by atoms with Gasteiger partial charge >= 0.3 is 0 Å². The fourth-order valence-corrected chi connectivity index (χ4v) is 1.83. The van der Waals surface area contributed by atoms with Crippen LogP contribution in [0.15, 0.2) is 36.5 Å². The molecule has 0 atom stereocenters. The fourth-order valence-electron chi connectivity index (χ4n) is 1.83. The van der Waals surface area contributed by atoms with Crippen LogP contribution in [0.2, 0.25) is 0 Å². The number of anilines is 1. The topological polar surface area (TPSA) is 66.6 Å². The third-order valence-electron chi connectivity index (χ3n) is 2.85. The lowest BCUT2D eigenvalue weighted by Gasteiger charge is -2.11. The van der Waals surface area contributed by atoms with E-state index in [1.54, 1.807) is 26.5 Å². The molecule has 0 saturated carbocycles. The van der Waals surface area contributed by atoms with E-state index in [1.165, 1.54) is 0 Å². The third-order valence-corrected chi connectivity index (χ3v) is 2.85. The van der Waals surface area contributed by atoms with Gasteiger partial charge in [-0.15, -0.1) is 0 Å². The van der Waals surface area contributed by atoms with Crippen molar-refractivity contribution in [2.75, 3.05) is 20.0 Å².